The molecule has 0 bridgehead atoms. The molecule has 0 amide bonds. The summed E-state index contributed by atoms with van der Waals surface area (Å²) in [6.45, 7) is 6.93. The van der Waals surface area contributed by atoms with Crippen LogP contribution in [0.3, 0.4) is 0 Å². The van der Waals surface area contributed by atoms with Gasteiger partial charge in [0, 0.05) is 24.2 Å². The minimum atomic E-state index is 0.155. The average molecular weight is 231 g/mol. The number of carbonyl (C=O) groups excluding carboxylic acids is 1. The molecule has 0 unspecified atom stereocenters. The smallest absolute Gasteiger partial charge is 0.168 e. The SMILES string of the molecule is CCCCN=C(C)CC(=O)c1ccc(C)cc1. The third-order valence-corrected chi connectivity index (χ3v) is 2.68. The molecule has 17 heavy (non-hydrogen) atoms. The van der Waals surface area contributed by atoms with Gasteiger partial charge in [-0.05, 0) is 20.3 Å². The monoisotopic (exact) mass is 231 g/mol. The lowest BCUT2D eigenvalue weighted by Crippen LogP contribution is -2.06. The van der Waals surface area contributed by atoms with Crippen molar-refractivity contribution >= 4 is 11.5 Å². The van der Waals surface area contributed by atoms with Gasteiger partial charge in [0.05, 0.1) is 0 Å². The molecule has 2 heteroatoms. The van der Waals surface area contributed by atoms with Gasteiger partial charge in [-0.2, -0.15) is 0 Å². The Kier molecular flexibility index (Phi) is 5.61. The van der Waals surface area contributed by atoms with Crippen LogP contribution in [-0.4, -0.2) is 18.0 Å². The van der Waals surface area contributed by atoms with E-state index in [1.807, 2.05) is 38.1 Å². The number of hydrogen-bond donors (Lipinski definition) is 0. The van der Waals surface area contributed by atoms with Gasteiger partial charge in [-0.25, -0.2) is 0 Å². The maximum atomic E-state index is 11.9. The normalized spacial score (nSPS) is 11.6. The third kappa shape index (κ3) is 4.94. The molecule has 1 aromatic rings. The first kappa shape index (κ1) is 13.6. The molecule has 92 valence electrons. The molecule has 0 aliphatic heterocycles. The number of unbranched alkanes of at least 4 members (excludes halogenated alkanes) is 1. The second kappa shape index (κ2) is 7.00. The van der Waals surface area contributed by atoms with Crippen LogP contribution in [0.15, 0.2) is 29.3 Å². The number of ketones is 1. The van der Waals surface area contributed by atoms with Gasteiger partial charge in [0.1, 0.15) is 0 Å². The minimum Gasteiger partial charge on any atom is -0.294 e. The predicted octanol–water partition coefficient (Wildman–Crippen LogP) is 3.83. The van der Waals surface area contributed by atoms with Crippen molar-refractivity contribution in [3.05, 3.63) is 35.4 Å². The van der Waals surface area contributed by atoms with Crippen molar-refractivity contribution in [2.75, 3.05) is 6.54 Å². The van der Waals surface area contributed by atoms with E-state index >= 15 is 0 Å². The summed E-state index contributed by atoms with van der Waals surface area (Å²) in [6.07, 6.45) is 2.67. The molecule has 0 heterocycles. The lowest BCUT2D eigenvalue weighted by molar-refractivity contribution is 0.100. The molecule has 0 aliphatic rings. The summed E-state index contributed by atoms with van der Waals surface area (Å²) in [5, 5.41) is 0. The molecule has 0 saturated carbocycles. The summed E-state index contributed by atoms with van der Waals surface area (Å²) in [4.78, 5) is 16.3. The number of aliphatic imine (C=N–C) groups is 1. The van der Waals surface area contributed by atoms with Crippen molar-refractivity contribution in [1.82, 2.24) is 0 Å². The fourth-order valence-corrected chi connectivity index (χ4v) is 1.56. The van der Waals surface area contributed by atoms with Crippen LogP contribution < -0.4 is 0 Å². The van der Waals surface area contributed by atoms with E-state index in [1.54, 1.807) is 0 Å². The van der Waals surface area contributed by atoms with Crippen LogP contribution >= 0.6 is 0 Å². The van der Waals surface area contributed by atoms with Gasteiger partial charge in [0.25, 0.3) is 0 Å². The van der Waals surface area contributed by atoms with Gasteiger partial charge < -0.3 is 0 Å². The van der Waals surface area contributed by atoms with Gasteiger partial charge in [-0.15, -0.1) is 0 Å². The van der Waals surface area contributed by atoms with E-state index in [2.05, 4.69) is 11.9 Å². The number of carbonyl (C=O) groups is 1. The topological polar surface area (TPSA) is 29.4 Å². The van der Waals surface area contributed by atoms with Crippen molar-refractivity contribution in [1.29, 1.82) is 0 Å². The zero-order valence-electron chi connectivity index (χ0n) is 11.0. The summed E-state index contributed by atoms with van der Waals surface area (Å²) in [5.41, 5.74) is 2.89. The lowest BCUT2D eigenvalue weighted by Gasteiger charge is -2.02. The highest BCUT2D eigenvalue weighted by molar-refractivity contribution is 6.08. The van der Waals surface area contributed by atoms with E-state index in [9.17, 15) is 4.79 Å². The summed E-state index contributed by atoms with van der Waals surface area (Å²) in [6, 6.07) is 7.71. The second-order valence-electron chi connectivity index (χ2n) is 4.44. The molecule has 0 fully saturated rings. The van der Waals surface area contributed by atoms with E-state index < -0.39 is 0 Å². The van der Waals surface area contributed by atoms with Crippen LogP contribution in [0.5, 0.6) is 0 Å². The highest BCUT2D eigenvalue weighted by atomic mass is 16.1. The van der Waals surface area contributed by atoms with Gasteiger partial charge in [-0.1, -0.05) is 43.2 Å². The zero-order valence-corrected chi connectivity index (χ0v) is 11.0. The first-order valence-electron chi connectivity index (χ1n) is 6.23. The minimum absolute atomic E-state index is 0.155. The van der Waals surface area contributed by atoms with E-state index in [4.69, 9.17) is 0 Å². The predicted molar refractivity (Wildman–Crippen MR) is 73.0 cm³/mol. The number of benzene rings is 1. The number of hydrogen-bond acceptors (Lipinski definition) is 2. The average Bonchev–Trinajstić information content (AvgIpc) is 2.30. The van der Waals surface area contributed by atoms with Crippen LogP contribution in [-0.2, 0) is 0 Å². The first-order chi connectivity index (χ1) is 8.13. The van der Waals surface area contributed by atoms with Crippen molar-refractivity contribution in [2.45, 2.75) is 40.0 Å². The van der Waals surface area contributed by atoms with Crippen LogP contribution in [0, 0.1) is 6.92 Å². The first-order valence-corrected chi connectivity index (χ1v) is 6.23. The molecule has 0 atom stereocenters. The number of aryl methyl sites for hydroxylation is 1. The van der Waals surface area contributed by atoms with Crippen molar-refractivity contribution in [2.24, 2.45) is 4.99 Å². The van der Waals surface area contributed by atoms with Gasteiger partial charge in [-0.3, -0.25) is 9.79 Å². The third-order valence-electron chi connectivity index (χ3n) is 2.68. The molecular formula is C15H21NO. The summed E-state index contributed by atoms with van der Waals surface area (Å²) >= 11 is 0. The molecule has 2 nitrogen and oxygen atoms in total. The van der Waals surface area contributed by atoms with Crippen molar-refractivity contribution < 1.29 is 4.79 Å². The van der Waals surface area contributed by atoms with Crippen LogP contribution in [0.4, 0.5) is 0 Å². The number of Topliss-reactive ketones (excluding diaryl/α,β-unsaturated/α-hetero) is 1. The Morgan fingerprint density at radius 2 is 1.88 bits per heavy atom. The zero-order chi connectivity index (χ0) is 12.7. The fraction of sp³-hybridized carbons (Fsp3) is 0.467. The van der Waals surface area contributed by atoms with Crippen molar-refractivity contribution in [3.63, 3.8) is 0 Å². The molecule has 0 aliphatic carbocycles. The molecule has 0 aromatic heterocycles. The Bertz CT molecular complexity index is 390. The Hall–Kier alpha value is -1.44. The Balaban J connectivity index is 2.54. The summed E-state index contributed by atoms with van der Waals surface area (Å²) in [7, 11) is 0. The second-order valence-corrected chi connectivity index (χ2v) is 4.44. The molecule has 0 N–H and O–H groups in total. The van der Waals surface area contributed by atoms with Crippen LogP contribution in [0.25, 0.3) is 0 Å². The Labute approximate surface area is 104 Å². The Morgan fingerprint density at radius 3 is 2.47 bits per heavy atom. The number of nitrogens with zero attached hydrogens (tertiary/aromatic N) is 1. The standard InChI is InChI=1S/C15H21NO/c1-4-5-10-16-13(3)11-15(17)14-8-6-12(2)7-9-14/h6-9H,4-5,10-11H2,1-3H3. The summed E-state index contributed by atoms with van der Waals surface area (Å²) in [5.74, 6) is 0.155. The van der Waals surface area contributed by atoms with Gasteiger partial charge >= 0.3 is 0 Å². The molecule has 1 aromatic carbocycles. The van der Waals surface area contributed by atoms with Crippen LogP contribution in [0.1, 0.15) is 49.0 Å². The van der Waals surface area contributed by atoms with Gasteiger partial charge in [0.15, 0.2) is 5.78 Å². The van der Waals surface area contributed by atoms with E-state index in [0.717, 1.165) is 30.7 Å². The highest BCUT2D eigenvalue weighted by Gasteiger charge is 2.06. The van der Waals surface area contributed by atoms with E-state index in [-0.39, 0.29) is 5.78 Å². The van der Waals surface area contributed by atoms with Crippen LogP contribution in [0.2, 0.25) is 0 Å². The van der Waals surface area contributed by atoms with Crippen molar-refractivity contribution in [3.8, 4) is 0 Å². The quantitative estimate of drug-likeness (QED) is 0.415. The molecule has 1 rings (SSSR count). The lowest BCUT2D eigenvalue weighted by atomic mass is 10.0. The highest BCUT2D eigenvalue weighted by Crippen LogP contribution is 2.07. The van der Waals surface area contributed by atoms with E-state index in [0.29, 0.717) is 6.42 Å². The molecule has 0 saturated heterocycles. The Morgan fingerprint density at radius 1 is 1.24 bits per heavy atom. The molecular weight excluding hydrogens is 210 g/mol. The molecule has 0 spiro atoms. The fourth-order valence-electron chi connectivity index (χ4n) is 1.56. The maximum absolute atomic E-state index is 11.9. The van der Waals surface area contributed by atoms with Gasteiger partial charge in [0.2, 0.25) is 0 Å². The summed E-state index contributed by atoms with van der Waals surface area (Å²) < 4.78 is 0. The van der Waals surface area contributed by atoms with E-state index in [1.165, 1.54) is 5.56 Å². The number of rotatable bonds is 6. The molecule has 0 radical (unpaired) electrons. The largest absolute Gasteiger partial charge is 0.294 e. The maximum Gasteiger partial charge on any atom is 0.168 e.